The molecule has 0 saturated heterocycles. The van der Waals surface area contributed by atoms with Gasteiger partial charge in [0.15, 0.2) is 0 Å². The van der Waals surface area contributed by atoms with Crippen LogP contribution in [0.3, 0.4) is 0 Å². The zero-order chi connectivity index (χ0) is 17.8. The number of hydrogen-bond donors (Lipinski definition) is 3. The number of aliphatic hydroxyl groups excluding tert-OH is 1. The van der Waals surface area contributed by atoms with Crippen LogP contribution in [-0.2, 0) is 22.6 Å². The lowest BCUT2D eigenvalue weighted by atomic mass is 10.0. The Balaban J connectivity index is 1.49. The van der Waals surface area contributed by atoms with Crippen molar-refractivity contribution in [1.82, 2.24) is 10.6 Å². The van der Waals surface area contributed by atoms with Crippen molar-refractivity contribution in [3.8, 4) is 0 Å². The molecule has 0 aliphatic carbocycles. The number of rotatable bonds is 5. The number of carbonyl (C=O) groups excluding carboxylic acids is 2. The van der Waals surface area contributed by atoms with Crippen LogP contribution in [-0.4, -0.2) is 37.1 Å². The fourth-order valence-corrected chi connectivity index (χ4v) is 3.49. The molecule has 1 atom stereocenters. The molecule has 0 saturated carbocycles. The standard InChI is InChI=1S/C18H21N3O3S/c1-21-7-6-12-9-13(4-5-15(12)21)16(22)11-20-18(24)17(23)19-10-14-3-2-8-25-14/h2-5,8-9,16,22H,6-7,10-11H2,1H3,(H,19,23)(H,20,24). The maximum atomic E-state index is 11.8. The van der Waals surface area contributed by atoms with Gasteiger partial charge in [-0.15, -0.1) is 11.3 Å². The molecule has 1 aliphatic rings. The van der Waals surface area contributed by atoms with E-state index in [1.165, 1.54) is 22.6 Å². The summed E-state index contributed by atoms with van der Waals surface area (Å²) in [7, 11) is 2.04. The summed E-state index contributed by atoms with van der Waals surface area (Å²) < 4.78 is 0. The van der Waals surface area contributed by atoms with Crippen molar-refractivity contribution in [2.24, 2.45) is 0 Å². The average molecular weight is 359 g/mol. The van der Waals surface area contributed by atoms with Crippen molar-refractivity contribution in [3.63, 3.8) is 0 Å². The molecule has 0 fully saturated rings. The fraction of sp³-hybridized carbons (Fsp3) is 0.333. The van der Waals surface area contributed by atoms with E-state index >= 15 is 0 Å². The number of hydrogen-bond acceptors (Lipinski definition) is 5. The van der Waals surface area contributed by atoms with Gasteiger partial charge >= 0.3 is 11.8 Å². The van der Waals surface area contributed by atoms with E-state index in [4.69, 9.17) is 0 Å². The normalized spacial score (nSPS) is 14.1. The van der Waals surface area contributed by atoms with Gasteiger partial charge in [-0.05, 0) is 35.1 Å². The highest BCUT2D eigenvalue weighted by Gasteiger charge is 2.19. The Labute approximate surface area is 150 Å². The third kappa shape index (κ3) is 4.18. The van der Waals surface area contributed by atoms with Crippen molar-refractivity contribution in [1.29, 1.82) is 0 Å². The molecule has 6 nitrogen and oxygen atoms in total. The second-order valence-corrected chi connectivity index (χ2v) is 7.08. The summed E-state index contributed by atoms with van der Waals surface area (Å²) in [6.07, 6.45) is 0.106. The lowest BCUT2D eigenvalue weighted by Crippen LogP contribution is -2.41. The first-order chi connectivity index (χ1) is 12.0. The fourth-order valence-electron chi connectivity index (χ4n) is 2.84. The van der Waals surface area contributed by atoms with E-state index in [1.807, 2.05) is 42.8 Å². The summed E-state index contributed by atoms with van der Waals surface area (Å²) in [6, 6.07) is 9.58. The van der Waals surface area contributed by atoms with Crippen LogP contribution in [0.2, 0.25) is 0 Å². The van der Waals surface area contributed by atoms with Crippen molar-refractivity contribution >= 4 is 28.8 Å². The number of likely N-dealkylation sites (N-methyl/N-ethyl adjacent to an activating group) is 1. The molecule has 25 heavy (non-hydrogen) atoms. The molecule has 1 aliphatic heterocycles. The van der Waals surface area contributed by atoms with Crippen LogP contribution in [0.4, 0.5) is 5.69 Å². The SMILES string of the molecule is CN1CCc2cc(C(O)CNC(=O)C(=O)NCc3cccs3)ccc21. The van der Waals surface area contributed by atoms with Crippen LogP contribution in [0, 0.1) is 0 Å². The molecule has 132 valence electrons. The van der Waals surface area contributed by atoms with Gasteiger partial charge in [0.2, 0.25) is 0 Å². The number of anilines is 1. The molecular weight excluding hydrogens is 338 g/mol. The van der Waals surface area contributed by atoms with E-state index in [0.29, 0.717) is 6.54 Å². The Hall–Kier alpha value is -2.38. The molecule has 7 heteroatoms. The predicted octanol–water partition coefficient (Wildman–Crippen LogP) is 1.21. The van der Waals surface area contributed by atoms with Gasteiger partial charge in [-0.25, -0.2) is 0 Å². The van der Waals surface area contributed by atoms with Crippen LogP contribution < -0.4 is 15.5 Å². The molecule has 0 spiro atoms. The Morgan fingerprint density at radius 1 is 1.28 bits per heavy atom. The number of benzene rings is 1. The largest absolute Gasteiger partial charge is 0.387 e. The van der Waals surface area contributed by atoms with E-state index in [-0.39, 0.29) is 6.54 Å². The summed E-state index contributed by atoms with van der Waals surface area (Å²) in [6.45, 7) is 1.29. The molecule has 1 unspecified atom stereocenters. The van der Waals surface area contributed by atoms with Gasteiger partial charge in [-0.3, -0.25) is 9.59 Å². The van der Waals surface area contributed by atoms with E-state index in [2.05, 4.69) is 15.5 Å². The molecule has 1 aromatic heterocycles. The Kier molecular flexibility index (Phi) is 5.35. The van der Waals surface area contributed by atoms with Crippen LogP contribution in [0.1, 0.15) is 22.1 Å². The minimum atomic E-state index is -0.842. The molecule has 2 aromatic rings. The number of thiophene rings is 1. The quantitative estimate of drug-likeness (QED) is 0.701. The first-order valence-electron chi connectivity index (χ1n) is 8.15. The number of nitrogens with zero attached hydrogens (tertiary/aromatic N) is 1. The minimum Gasteiger partial charge on any atom is -0.387 e. The molecule has 2 heterocycles. The van der Waals surface area contributed by atoms with Gasteiger partial charge in [0.1, 0.15) is 0 Å². The summed E-state index contributed by atoms with van der Waals surface area (Å²) >= 11 is 1.51. The lowest BCUT2D eigenvalue weighted by Gasteiger charge is -2.15. The first kappa shape index (κ1) is 17.4. The van der Waals surface area contributed by atoms with Gasteiger partial charge in [0.05, 0.1) is 12.6 Å². The summed E-state index contributed by atoms with van der Waals surface area (Å²) in [5, 5.41) is 17.2. The second kappa shape index (κ2) is 7.67. The summed E-state index contributed by atoms with van der Waals surface area (Å²) in [5.41, 5.74) is 3.11. The lowest BCUT2D eigenvalue weighted by molar-refractivity contribution is -0.139. The van der Waals surface area contributed by atoms with Crippen molar-refractivity contribution < 1.29 is 14.7 Å². The number of fused-ring (bicyclic) bond motifs is 1. The molecule has 3 N–H and O–H groups in total. The van der Waals surface area contributed by atoms with E-state index in [0.717, 1.165) is 23.4 Å². The molecule has 1 aromatic carbocycles. The van der Waals surface area contributed by atoms with Gasteiger partial charge in [-0.1, -0.05) is 18.2 Å². The maximum absolute atomic E-state index is 11.8. The zero-order valence-corrected chi connectivity index (χ0v) is 14.8. The highest BCUT2D eigenvalue weighted by atomic mass is 32.1. The summed E-state index contributed by atoms with van der Waals surface area (Å²) in [4.78, 5) is 26.8. The first-order valence-corrected chi connectivity index (χ1v) is 9.03. The second-order valence-electron chi connectivity index (χ2n) is 6.05. The molecule has 0 radical (unpaired) electrons. The van der Waals surface area contributed by atoms with E-state index < -0.39 is 17.9 Å². The third-order valence-electron chi connectivity index (χ3n) is 4.28. The summed E-state index contributed by atoms with van der Waals surface area (Å²) in [5.74, 6) is -1.44. The zero-order valence-electron chi connectivity index (χ0n) is 14.0. The molecule has 2 amide bonds. The number of nitrogens with one attached hydrogen (secondary N) is 2. The highest BCUT2D eigenvalue weighted by molar-refractivity contribution is 7.09. The average Bonchev–Trinajstić information content (AvgIpc) is 3.27. The monoisotopic (exact) mass is 359 g/mol. The smallest absolute Gasteiger partial charge is 0.309 e. The van der Waals surface area contributed by atoms with Crippen LogP contribution in [0.5, 0.6) is 0 Å². The Morgan fingerprint density at radius 2 is 2.08 bits per heavy atom. The topological polar surface area (TPSA) is 81.7 Å². The van der Waals surface area contributed by atoms with Crippen molar-refractivity contribution in [3.05, 3.63) is 51.7 Å². The van der Waals surface area contributed by atoms with Gasteiger partial charge in [0.25, 0.3) is 0 Å². The van der Waals surface area contributed by atoms with Crippen molar-refractivity contribution in [2.75, 3.05) is 25.0 Å². The van der Waals surface area contributed by atoms with Crippen LogP contribution in [0.25, 0.3) is 0 Å². The van der Waals surface area contributed by atoms with Gasteiger partial charge in [0, 0.05) is 30.7 Å². The third-order valence-corrected chi connectivity index (χ3v) is 5.16. The number of carbonyl (C=O) groups is 2. The van der Waals surface area contributed by atoms with Crippen LogP contribution >= 0.6 is 11.3 Å². The molecule has 3 rings (SSSR count). The van der Waals surface area contributed by atoms with E-state index in [9.17, 15) is 14.7 Å². The predicted molar refractivity (Wildman–Crippen MR) is 97.6 cm³/mol. The van der Waals surface area contributed by atoms with Gasteiger partial charge in [-0.2, -0.15) is 0 Å². The maximum Gasteiger partial charge on any atom is 0.309 e. The molecular formula is C18H21N3O3S. The highest BCUT2D eigenvalue weighted by Crippen LogP contribution is 2.29. The number of amides is 2. The van der Waals surface area contributed by atoms with E-state index in [1.54, 1.807) is 0 Å². The minimum absolute atomic E-state index is 0.000118. The number of aliphatic hydroxyl groups is 1. The Bertz CT molecular complexity index is 761. The van der Waals surface area contributed by atoms with Gasteiger partial charge < -0.3 is 20.6 Å². The Morgan fingerprint density at radius 3 is 2.84 bits per heavy atom. The van der Waals surface area contributed by atoms with Crippen molar-refractivity contribution in [2.45, 2.75) is 19.1 Å². The van der Waals surface area contributed by atoms with Crippen LogP contribution in [0.15, 0.2) is 35.7 Å². The molecule has 0 bridgehead atoms.